The van der Waals surface area contributed by atoms with Crippen LogP contribution >= 0.6 is 0 Å². The van der Waals surface area contributed by atoms with Crippen molar-refractivity contribution >= 4 is 16.0 Å². The van der Waals surface area contributed by atoms with Crippen molar-refractivity contribution < 1.29 is 18.3 Å². The maximum atomic E-state index is 11.8. The fourth-order valence-corrected chi connectivity index (χ4v) is 4.00. The second-order valence-corrected chi connectivity index (χ2v) is 7.43. The minimum atomic E-state index is -3.17. The van der Waals surface area contributed by atoms with Crippen LogP contribution in [0.1, 0.15) is 44.9 Å². The first-order chi connectivity index (χ1) is 8.46. The molecule has 0 aromatic rings. The van der Waals surface area contributed by atoms with Gasteiger partial charge in [0.2, 0.25) is 10.0 Å². The van der Waals surface area contributed by atoms with Gasteiger partial charge in [0.25, 0.3) is 0 Å². The average Bonchev–Trinajstić information content (AvgIpc) is 3.10. The summed E-state index contributed by atoms with van der Waals surface area (Å²) in [5, 5.41) is 8.87. The van der Waals surface area contributed by atoms with E-state index in [-0.39, 0.29) is 17.7 Å². The lowest BCUT2D eigenvalue weighted by Gasteiger charge is -2.26. The maximum Gasteiger partial charge on any atom is 0.306 e. The molecular weight excluding hydrogens is 254 g/mol. The molecule has 2 aliphatic carbocycles. The van der Waals surface area contributed by atoms with Crippen LogP contribution in [-0.4, -0.2) is 31.3 Å². The van der Waals surface area contributed by atoms with Crippen LogP contribution in [0.2, 0.25) is 0 Å². The van der Waals surface area contributed by atoms with Gasteiger partial charge in [0.05, 0.1) is 11.7 Å². The number of sulfonamides is 1. The van der Waals surface area contributed by atoms with Crippen molar-refractivity contribution in [2.75, 3.05) is 5.75 Å². The highest BCUT2D eigenvalue weighted by Gasteiger charge is 2.29. The molecule has 0 radical (unpaired) electrons. The van der Waals surface area contributed by atoms with E-state index in [0.717, 1.165) is 6.42 Å². The van der Waals surface area contributed by atoms with Crippen molar-refractivity contribution in [1.29, 1.82) is 0 Å². The topological polar surface area (TPSA) is 83.5 Å². The van der Waals surface area contributed by atoms with Crippen LogP contribution in [-0.2, 0) is 14.8 Å². The number of rotatable bonds is 6. The lowest BCUT2D eigenvalue weighted by molar-refractivity contribution is -0.142. The summed E-state index contributed by atoms with van der Waals surface area (Å²) >= 11 is 0. The minimum Gasteiger partial charge on any atom is -0.481 e. The number of hydrogen-bond acceptors (Lipinski definition) is 3. The summed E-state index contributed by atoms with van der Waals surface area (Å²) < 4.78 is 26.4. The molecule has 2 rings (SSSR count). The molecule has 2 aliphatic rings. The van der Waals surface area contributed by atoms with Crippen LogP contribution in [0, 0.1) is 11.8 Å². The SMILES string of the molecule is O=C(O)C1CCC(NS(=O)(=O)CCC2CC2)CC1. The second-order valence-electron chi connectivity index (χ2n) is 5.56. The molecule has 0 bridgehead atoms. The standard InChI is InChI=1S/C12H21NO4S/c14-12(15)10-3-5-11(6-4-10)13-18(16,17)8-7-9-1-2-9/h9-11,13H,1-8H2,(H,14,15). The van der Waals surface area contributed by atoms with Gasteiger partial charge in [-0.2, -0.15) is 0 Å². The van der Waals surface area contributed by atoms with E-state index in [9.17, 15) is 13.2 Å². The summed E-state index contributed by atoms with van der Waals surface area (Å²) in [6.07, 6.45) is 5.52. The van der Waals surface area contributed by atoms with Gasteiger partial charge in [0.15, 0.2) is 0 Å². The van der Waals surface area contributed by atoms with E-state index in [2.05, 4.69) is 4.72 Å². The van der Waals surface area contributed by atoms with E-state index < -0.39 is 16.0 Å². The Bertz CT molecular complexity index is 394. The van der Waals surface area contributed by atoms with E-state index in [0.29, 0.717) is 31.6 Å². The Morgan fingerprint density at radius 2 is 1.72 bits per heavy atom. The summed E-state index contributed by atoms with van der Waals surface area (Å²) in [6, 6.07) is -0.0650. The Morgan fingerprint density at radius 1 is 1.11 bits per heavy atom. The fourth-order valence-electron chi connectivity index (χ4n) is 2.50. The molecule has 0 spiro atoms. The van der Waals surface area contributed by atoms with E-state index in [4.69, 9.17) is 5.11 Å². The molecule has 6 heteroatoms. The third kappa shape index (κ3) is 4.24. The zero-order valence-corrected chi connectivity index (χ0v) is 11.3. The Labute approximate surface area is 108 Å². The summed E-state index contributed by atoms with van der Waals surface area (Å²) in [5.41, 5.74) is 0. The Morgan fingerprint density at radius 3 is 2.22 bits per heavy atom. The smallest absolute Gasteiger partial charge is 0.306 e. The number of nitrogens with one attached hydrogen (secondary N) is 1. The molecule has 104 valence electrons. The van der Waals surface area contributed by atoms with E-state index in [1.54, 1.807) is 0 Å². The second kappa shape index (κ2) is 5.57. The van der Waals surface area contributed by atoms with Gasteiger partial charge >= 0.3 is 5.97 Å². The van der Waals surface area contributed by atoms with Gasteiger partial charge in [0.1, 0.15) is 0 Å². The number of hydrogen-bond donors (Lipinski definition) is 2. The minimum absolute atomic E-state index is 0.0650. The zero-order valence-electron chi connectivity index (χ0n) is 10.5. The third-order valence-corrected chi connectivity index (χ3v) is 5.38. The maximum absolute atomic E-state index is 11.8. The van der Waals surface area contributed by atoms with Crippen molar-refractivity contribution in [3.8, 4) is 0 Å². The van der Waals surface area contributed by atoms with E-state index in [1.165, 1.54) is 12.8 Å². The number of carbonyl (C=O) groups is 1. The Balaban J connectivity index is 1.74. The molecule has 18 heavy (non-hydrogen) atoms. The summed E-state index contributed by atoms with van der Waals surface area (Å²) in [4.78, 5) is 10.8. The highest BCUT2D eigenvalue weighted by atomic mass is 32.2. The predicted octanol–water partition coefficient (Wildman–Crippen LogP) is 1.35. The van der Waals surface area contributed by atoms with E-state index >= 15 is 0 Å². The molecule has 0 amide bonds. The van der Waals surface area contributed by atoms with Gasteiger partial charge < -0.3 is 5.11 Å². The Kier molecular flexibility index (Phi) is 4.27. The highest BCUT2D eigenvalue weighted by molar-refractivity contribution is 7.89. The monoisotopic (exact) mass is 275 g/mol. The van der Waals surface area contributed by atoms with Crippen molar-refractivity contribution in [3.05, 3.63) is 0 Å². The summed E-state index contributed by atoms with van der Waals surface area (Å²) in [6.45, 7) is 0. The molecule has 0 heterocycles. The van der Waals surface area contributed by atoms with Gasteiger partial charge in [-0.1, -0.05) is 12.8 Å². The zero-order chi connectivity index (χ0) is 13.2. The Hall–Kier alpha value is -0.620. The van der Waals surface area contributed by atoms with Gasteiger partial charge in [-0.25, -0.2) is 13.1 Å². The van der Waals surface area contributed by atoms with Crippen LogP contribution in [0.3, 0.4) is 0 Å². The predicted molar refractivity (Wildman–Crippen MR) is 67.6 cm³/mol. The molecule has 0 aromatic carbocycles. The number of carboxylic acid groups (broad SMARTS) is 1. The van der Waals surface area contributed by atoms with Crippen LogP contribution in [0.25, 0.3) is 0 Å². The van der Waals surface area contributed by atoms with Crippen molar-refractivity contribution in [2.45, 2.75) is 51.0 Å². The van der Waals surface area contributed by atoms with E-state index in [1.807, 2.05) is 0 Å². The van der Waals surface area contributed by atoms with Crippen molar-refractivity contribution in [1.82, 2.24) is 4.72 Å². The first-order valence-electron chi connectivity index (χ1n) is 6.69. The lowest BCUT2D eigenvalue weighted by Crippen LogP contribution is -2.39. The van der Waals surface area contributed by atoms with Crippen LogP contribution in [0.15, 0.2) is 0 Å². The molecule has 0 atom stereocenters. The molecule has 2 fully saturated rings. The molecular formula is C12H21NO4S. The largest absolute Gasteiger partial charge is 0.481 e. The fraction of sp³-hybridized carbons (Fsp3) is 0.917. The van der Waals surface area contributed by atoms with Crippen LogP contribution in [0.4, 0.5) is 0 Å². The van der Waals surface area contributed by atoms with Crippen molar-refractivity contribution in [3.63, 3.8) is 0 Å². The number of carboxylic acids is 1. The van der Waals surface area contributed by atoms with Gasteiger partial charge in [-0.05, 0) is 38.0 Å². The normalized spacial score (nSPS) is 29.1. The molecule has 5 nitrogen and oxygen atoms in total. The molecule has 2 N–H and O–H groups in total. The summed E-state index contributed by atoms with van der Waals surface area (Å²) in [7, 11) is -3.17. The highest BCUT2D eigenvalue weighted by Crippen LogP contribution is 2.32. The average molecular weight is 275 g/mol. The van der Waals surface area contributed by atoms with Crippen LogP contribution < -0.4 is 4.72 Å². The van der Waals surface area contributed by atoms with Gasteiger partial charge in [0, 0.05) is 6.04 Å². The molecule has 0 aliphatic heterocycles. The third-order valence-electron chi connectivity index (χ3n) is 3.91. The lowest BCUT2D eigenvalue weighted by atomic mass is 9.87. The van der Waals surface area contributed by atoms with Gasteiger partial charge in [-0.15, -0.1) is 0 Å². The molecule has 0 saturated heterocycles. The van der Waals surface area contributed by atoms with Gasteiger partial charge in [-0.3, -0.25) is 4.79 Å². The quantitative estimate of drug-likeness (QED) is 0.766. The first-order valence-corrected chi connectivity index (χ1v) is 8.34. The molecule has 0 aromatic heterocycles. The first kappa shape index (κ1) is 13.8. The van der Waals surface area contributed by atoms with Crippen LogP contribution in [0.5, 0.6) is 0 Å². The summed E-state index contributed by atoms with van der Waals surface area (Å²) in [5.74, 6) is -0.220. The molecule has 0 unspecified atom stereocenters. The molecule has 2 saturated carbocycles. The van der Waals surface area contributed by atoms with Crippen molar-refractivity contribution in [2.24, 2.45) is 11.8 Å². The number of aliphatic carboxylic acids is 1.